The van der Waals surface area contributed by atoms with Gasteiger partial charge < -0.3 is 0 Å². The minimum Gasteiger partial charge on any atom is -0.179 e. The summed E-state index contributed by atoms with van der Waals surface area (Å²) in [6.45, 7) is 4.22. The van der Waals surface area contributed by atoms with Crippen molar-refractivity contribution >= 4 is 37.9 Å². The Balaban J connectivity index is 3.60. The number of hydrogen-bond donors (Lipinski definition) is 3. The van der Waals surface area contributed by atoms with E-state index in [1.54, 1.807) is 0 Å². The van der Waals surface area contributed by atoms with Gasteiger partial charge in [0, 0.05) is 5.25 Å². The third kappa shape index (κ3) is 4.80. The molecule has 3 atom stereocenters. The van der Waals surface area contributed by atoms with Gasteiger partial charge in [0.2, 0.25) is 0 Å². The van der Waals surface area contributed by atoms with Gasteiger partial charge in [-0.05, 0) is 23.3 Å². The molecule has 10 heavy (non-hydrogen) atoms. The molecule has 0 fully saturated rings. The van der Waals surface area contributed by atoms with E-state index in [0.717, 1.165) is 12.2 Å². The van der Waals surface area contributed by atoms with Crippen LogP contribution in [0, 0.1) is 5.92 Å². The summed E-state index contributed by atoms with van der Waals surface area (Å²) >= 11 is 12.9. The van der Waals surface area contributed by atoms with Gasteiger partial charge in [-0.15, -0.1) is 0 Å². The van der Waals surface area contributed by atoms with Crippen molar-refractivity contribution in [1.82, 2.24) is 0 Å². The highest BCUT2D eigenvalue weighted by atomic mass is 32.1. The Hall–Kier alpha value is 1.05. The van der Waals surface area contributed by atoms with Crippen molar-refractivity contribution < 1.29 is 0 Å². The van der Waals surface area contributed by atoms with Gasteiger partial charge in [-0.1, -0.05) is 13.8 Å². The Bertz CT molecular complexity index is 80.9. The number of rotatable bonds is 4. The third-order valence-corrected chi connectivity index (χ3v) is 2.66. The second kappa shape index (κ2) is 5.67. The van der Waals surface area contributed by atoms with E-state index in [1.807, 2.05) is 0 Å². The summed E-state index contributed by atoms with van der Waals surface area (Å²) < 4.78 is 0. The molecular weight excluding hydrogens is 180 g/mol. The third-order valence-electron chi connectivity index (χ3n) is 1.56. The van der Waals surface area contributed by atoms with E-state index in [9.17, 15) is 0 Å². The molecule has 0 saturated heterocycles. The van der Waals surface area contributed by atoms with Gasteiger partial charge >= 0.3 is 0 Å². The van der Waals surface area contributed by atoms with Crippen molar-refractivity contribution in [3.05, 3.63) is 0 Å². The molecule has 62 valence electrons. The van der Waals surface area contributed by atoms with E-state index in [1.165, 1.54) is 0 Å². The highest BCUT2D eigenvalue weighted by molar-refractivity contribution is 7.81. The Morgan fingerprint density at radius 1 is 1.20 bits per heavy atom. The van der Waals surface area contributed by atoms with E-state index in [-0.39, 0.29) is 0 Å². The maximum absolute atomic E-state index is 4.36. The quantitative estimate of drug-likeness (QED) is 0.566. The summed E-state index contributed by atoms with van der Waals surface area (Å²) in [7, 11) is 0. The second-order valence-corrected chi connectivity index (χ2v) is 4.83. The van der Waals surface area contributed by atoms with Crippen LogP contribution in [-0.4, -0.2) is 16.3 Å². The molecule has 0 aliphatic heterocycles. The highest BCUT2D eigenvalue weighted by Crippen LogP contribution is 2.19. The minimum absolute atomic E-state index is 0.437. The first-order valence-electron chi connectivity index (χ1n) is 3.55. The van der Waals surface area contributed by atoms with Crippen LogP contribution in [0.5, 0.6) is 0 Å². The van der Waals surface area contributed by atoms with Crippen LogP contribution in [0.1, 0.15) is 20.3 Å². The zero-order chi connectivity index (χ0) is 8.15. The van der Waals surface area contributed by atoms with Crippen molar-refractivity contribution in [1.29, 1.82) is 0 Å². The number of thiol groups is 3. The average molecular weight is 196 g/mol. The Kier molecular flexibility index (Phi) is 6.26. The molecule has 0 N–H and O–H groups in total. The van der Waals surface area contributed by atoms with E-state index in [2.05, 4.69) is 51.7 Å². The van der Waals surface area contributed by atoms with Gasteiger partial charge in [0.15, 0.2) is 0 Å². The molecule has 0 saturated carbocycles. The van der Waals surface area contributed by atoms with E-state index in [0.29, 0.717) is 16.4 Å². The van der Waals surface area contributed by atoms with E-state index < -0.39 is 0 Å². The fourth-order valence-corrected chi connectivity index (χ4v) is 1.99. The maximum atomic E-state index is 4.36. The van der Waals surface area contributed by atoms with Gasteiger partial charge in [-0.3, -0.25) is 0 Å². The van der Waals surface area contributed by atoms with Crippen LogP contribution in [0.25, 0.3) is 0 Å². The molecule has 0 aromatic carbocycles. The van der Waals surface area contributed by atoms with E-state index in [4.69, 9.17) is 0 Å². The molecule has 0 aliphatic rings. The topological polar surface area (TPSA) is 0 Å². The zero-order valence-corrected chi connectivity index (χ0v) is 9.17. The minimum atomic E-state index is 0.437. The predicted molar refractivity (Wildman–Crippen MR) is 58.9 cm³/mol. The molecule has 0 aromatic rings. The van der Waals surface area contributed by atoms with Crippen molar-refractivity contribution in [2.24, 2.45) is 5.92 Å². The fraction of sp³-hybridized carbons (Fsp3) is 1.00. The summed E-state index contributed by atoms with van der Waals surface area (Å²) in [6.07, 6.45) is 1.11. The monoisotopic (exact) mass is 196 g/mol. The highest BCUT2D eigenvalue weighted by Gasteiger charge is 2.13. The molecule has 0 spiro atoms. The molecule has 0 bridgehead atoms. The summed E-state index contributed by atoms with van der Waals surface area (Å²) in [5.74, 6) is 1.51. The SMILES string of the molecule is CC(S)CC(CS)C(C)S. The lowest BCUT2D eigenvalue weighted by Crippen LogP contribution is -2.16. The van der Waals surface area contributed by atoms with Gasteiger partial charge in [0.05, 0.1) is 0 Å². The summed E-state index contributed by atoms with van der Waals surface area (Å²) in [5, 5.41) is 0.902. The zero-order valence-electron chi connectivity index (χ0n) is 6.49. The Labute approximate surface area is 80.4 Å². The second-order valence-electron chi connectivity index (χ2n) is 2.77. The van der Waals surface area contributed by atoms with Gasteiger partial charge in [0.25, 0.3) is 0 Å². The predicted octanol–water partition coefficient (Wildman–Crippen LogP) is 2.56. The lowest BCUT2D eigenvalue weighted by molar-refractivity contribution is 0.541. The van der Waals surface area contributed by atoms with Crippen molar-refractivity contribution in [2.45, 2.75) is 30.8 Å². The summed E-state index contributed by atoms with van der Waals surface area (Å²) in [4.78, 5) is 0. The molecule has 0 radical (unpaired) electrons. The molecule has 0 aliphatic carbocycles. The first kappa shape index (κ1) is 11.1. The van der Waals surface area contributed by atoms with Crippen LogP contribution >= 0.6 is 37.9 Å². The Morgan fingerprint density at radius 3 is 1.80 bits per heavy atom. The molecule has 3 unspecified atom stereocenters. The van der Waals surface area contributed by atoms with Crippen LogP contribution < -0.4 is 0 Å². The molecule has 0 rings (SSSR count). The van der Waals surface area contributed by atoms with Crippen LogP contribution in [0.2, 0.25) is 0 Å². The van der Waals surface area contributed by atoms with E-state index >= 15 is 0 Å². The normalized spacial score (nSPS) is 20.1. The largest absolute Gasteiger partial charge is 0.179 e. The standard InChI is InChI=1S/C7H16S3/c1-5(9)3-7(4-8)6(2)10/h5-10H,3-4H2,1-2H3. The van der Waals surface area contributed by atoms with Crippen LogP contribution in [0.15, 0.2) is 0 Å². The summed E-state index contributed by atoms with van der Waals surface area (Å²) in [5.41, 5.74) is 0. The van der Waals surface area contributed by atoms with Crippen LogP contribution in [-0.2, 0) is 0 Å². The lowest BCUT2D eigenvalue weighted by atomic mass is 10.0. The Morgan fingerprint density at radius 2 is 1.70 bits per heavy atom. The number of hydrogen-bond acceptors (Lipinski definition) is 3. The van der Waals surface area contributed by atoms with Crippen molar-refractivity contribution in [3.63, 3.8) is 0 Å². The van der Waals surface area contributed by atoms with Gasteiger partial charge in [-0.25, -0.2) is 0 Å². The molecular formula is C7H16S3. The molecule has 0 nitrogen and oxygen atoms in total. The molecule has 0 amide bonds. The van der Waals surface area contributed by atoms with Gasteiger partial charge in [0.1, 0.15) is 0 Å². The molecule has 0 heterocycles. The first-order chi connectivity index (χ1) is 4.57. The molecule has 3 heteroatoms. The fourth-order valence-electron chi connectivity index (χ4n) is 0.862. The van der Waals surface area contributed by atoms with Crippen molar-refractivity contribution in [3.8, 4) is 0 Å². The maximum Gasteiger partial charge on any atom is 0.00249 e. The lowest BCUT2D eigenvalue weighted by Gasteiger charge is -2.18. The van der Waals surface area contributed by atoms with Crippen LogP contribution in [0.3, 0.4) is 0 Å². The van der Waals surface area contributed by atoms with Gasteiger partial charge in [-0.2, -0.15) is 37.9 Å². The summed E-state index contributed by atoms with van der Waals surface area (Å²) in [6, 6.07) is 0. The van der Waals surface area contributed by atoms with Crippen molar-refractivity contribution in [2.75, 3.05) is 5.75 Å². The molecule has 0 aromatic heterocycles. The smallest absolute Gasteiger partial charge is 0.00249 e. The van der Waals surface area contributed by atoms with Crippen LogP contribution in [0.4, 0.5) is 0 Å². The first-order valence-corrected chi connectivity index (χ1v) is 5.21. The average Bonchev–Trinajstić information content (AvgIpc) is 1.81.